The molecule has 0 heterocycles. The highest BCUT2D eigenvalue weighted by atomic mass is 32.1. The molecular weight excluding hydrogens is 394 g/mol. The Morgan fingerprint density at radius 1 is 0.871 bits per heavy atom. The zero-order chi connectivity index (χ0) is 22.3. The number of hydrogen-bond acceptors (Lipinski definition) is 2. The second-order valence-electron chi connectivity index (χ2n) is 12.9. The molecule has 0 aromatic carbocycles. The molecule has 4 aliphatic rings. The van der Waals surface area contributed by atoms with E-state index < -0.39 is 0 Å². The van der Waals surface area contributed by atoms with Crippen LogP contribution in [0.4, 0.5) is 0 Å². The Balaban J connectivity index is 1.61. The maximum absolute atomic E-state index is 7.53. The normalized spacial score (nSPS) is 48.8. The number of rotatable bonds is 6. The molecule has 0 spiro atoms. The van der Waals surface area contributed by atoms with E-state index in [0.29, 0.717) is 17.3 Å². The van der Waals surface area contributed by atoms with E-state index in [-0.39, 0.29) is 10.3 Å². The van der Waals surface area contributed by atoms with E-state index in [4.69, 9.17) is 18.4 Å². The van der Waals surface area contributed by atoms with Crippen LogP contribution < -0.4 is 5.73 Å². The van der Waals surface area contributed by atoms with Gasteiger partial charge in [-0.15, -0.1) is 0 Å². The number of thiol groups is 1. The first kappa shape index (κ1) is 24.4. The van der Waals surface area contributed by atoms with Gasteiger partial charge in [-0.25, -0.2) is 0 Å². The quantitative estimate of drug-likeness (QED) is 0.393. The molecule has 1 nitrogen and oxygen atoms in total. The lowest BCUT2D eigenvalue weighted by molar-refractivity contribution is -0.0381. The van der Waals surface area contributed by atoms with Gasteiger partial charge in [-0.3, -0.25) is 0 Å². The zero-order valence-electron chi connectivity index (χ0n) is 21.3. The fraction of sp³-hybridized carbons (Fsp3) is 1.00. The molecule has 2 heteroatoms. The molecule has 0 aromatic heterocycles. The smallest absolute Gasteiger partial charge is 0.0239 e. The van der Waals surface area contributed by atoms with E-state index in [1.807, 2.05) is 0 Å². The van der Waals surface area contributed by atoms with Crippen molar-refractivity contribution in [3.05, 3.63) is 0 Å². The van der Waals surface area contributed by atoms with Crippen molar-refractivity contribution in [3.63, 3.8) is 0 Å². The third-order valence-electron chi connectivity index (χ3n) is 11.6. The molecule has 0 bridgehead atoms. The van der Waals surface area contributed by atoms with E-state index in [2.05, 4.69) is 27.7 Å². The van der Waals surface area contributed by atoms with Crippen LogP contribution in [0, 0.1) is 40.9 Å². The summed E-state index contributed by atoms with van der Waals surface area (Å²) in [4.78, 5) is 0. The van der Waals surface area contributed by atoms with Crippen molar-refractivity contribution in [2.75, 3.05) is 0 Å². The molecule has 180 valence electrons. The molecule has 0 amide bonds. The van der Waals surface area contributed by atoms with Gasteiger partial charge >= 0.3 is 0 Å². The SMILES string of the molecule is CCC1C[C@H](CC)C2(N)CCCCC2(C)C(C)CCC2(S)C(CCCC3CC3)CCC12. The first-order valence-electron chi connectivity index (χ1n) is 14.3. The van der Waals surface area contributed by atoms with E-state index in [1.54, 1.807) is 0 Å². The fourth-order valence-corrected chi connectivity index (χ4v) is 9.69. The van der Waals surface area contributed by atoms with Gasteiger partial charge in [0.15, 0.2) is 0 Å². The Kier molecular flexibility index (Phi) is 7.50. The van der Waals surface area contributed by atoms with Crippen molar-refractivity contribution in [2.24, 2.45) is 46.7 Å². The van der Waals surface area contributed by atoms with Crippen LogP contribution in [0.15, 0.2) is 0 Å². The molecule has 0 saturated heterocycles. The predicted octanol–water partition coefficient (Wildman–Crippen LogP) is 8.41. The van der Waals surface area contributed by atoms with Crippen LogP contribution in [0.3, 0.4) is 0 Å². The Bertz CT molecular complexity index is 602. The molecule has 31 heavy (non-hydrogen) atoms. The first-order chi connectivity index (χ1) is 14.8. The summed E-state index contributed by atoms with van der Waals surface area (Å²) < 4.78 is 0.274. The van der Waals surface area contributed by atoms with Gasteiger partial charge in [0.2, 0.25) is 0 Å². The topological polar surface area (TPSA) is 26.0 Å². The summed E-state index contributed by atoms with van der Waals surface area (Å²) in [6.07, 6.45) is 22.2. The summed E-state index contributed by atoms with van der Waals surface area (Å²) in [6.45, 7) is 10.0. The van der Waals surface area contributed by atoms with Crippen LogP contribution in [-0.2, 0) is 0 Å². The average molecular weight is 448 g/mol. The fourth-order valence-electron chi connectivity index (χ4n) is 8.96. The van der Waals surface area contributed by atoms with Crippen molar-refractivity contribution < 1.29 is 0 Å². The first-order valence-corrected chi connectivity index (χ1v) is 14.7. The molecule has 7 unspecified atom stereocenters. The van der Waals surface area contributed by atoms with Crippen LogP contribution >= 0.6 is 12.6 Å². The molecule has 4 aliphatic carbocycles. The van der Waals surface area contributed by atoms with Gasteiger partial charge in [0.05, 0.1) is 0 Å². The molecule has 8 atom stereocenters. The maximum atomic E-state index is 7.53. The molecular formula is C29H53NS. The average Bonchev–Trinajstić information content (AvgIpc) is 3.53. The van der Waals surface area contributed by atoms with Gasteiger partial charge in [-0.1, -0.05) is 79.1 Å². The highest BCUT2D eigenvalue weighted by molar-refractivity contribution is 7.81. The molecule has 4 saturated carbocycles. The van der Waals surface area contributed by atoms with Crippen LogP contribution in [0.5, 0.6) is 0 Å². The van der Waals surface area contributed by atoms with Crippen molar-refractivity contribution >= 4 is 12.6 Å². The molecule has 4 fully saturated rings. The Labute approximate surface area is 199 Å². The third kappa shape index (κ3) is 4.40. The molecule has 0 aliphatic heterocycles. The summed E-state index contributed by atoms with van der Waals surface area (Å²) in [5, 5.41) is 0. The van der Waals surface area contributed by atoms with Crippen LogP contribution in [0.2, 0.25) is 0 Å². The summed E-state index contributed by atoms with van der Waals surface area (Å²) >= 11 is 5.69. The van der Waals surface area contributed by atoms with E-state index >= 15 is 0 Å². The van der Waals surface area contributed by atoms with Gasteiger partial charge in [0, 0.05) is 10.3 Å². The molecule has 0 aromatic rings. The van der Waals surface area contributed by atoms with Crippen LogP contribution in [0.1, 0.15) is 130 Å². The minimum atomic E-state index is 0.0334. The van der Waals surface area contributed by atoms with Gasteiger partial charge in [0.1, 0.15) is 0 Å². The molecule has 0 radical (unpaired) electrons. The summed E-state index contributed by atoms with van der Waals surface area (Å²) in [7, 11) is 0. The number of fused-ring (bicyclic) bond motifs is 2. The minimum absolute atomic E-state index is 0.0334. The van der Waals surface area contributed by atoms with E-state index in [1.165, 1.54) is 103 Å². The van der Waals surface area contributed by atoms with E-state index in [9.17, 15) is 0 Å². The highest BCUT2D eigenvalue weighted by Crippen LogP contribution is 2.60. The standard InChI is InChI=1S/C29H53NS/c1-5-23-20-24(6-2)29(30)18-8-7-17-27(29,4)21(3)16-19-28(31)25(14-15-26(23)28)11-9-10-22-12-13-22/h21-26,31H,5-20,30H2,1-4H3/t21?,23?,24-,25?,26?,27?,28?,29?/m0/s1. The summed E-state index contributed by atoms with van der Waals surface area (Å²) in [5.74, 6) is 4.94. The Hall–Kier alpha value is 0.310. The second kappa shape index (κ2) is 9.52. The lowest BCUT2D eigenvalue weighted by atomic mass is 9.50. The largest absolute Gasteiger partial charge is 0.324 e. The minimum Gasteiger partial charge on any atom is -0.324 e. The lowest BCUT2D eigenvalue weighted by Crippen LogP contribution is -2.63. The van der Waals surface area contributed by atoms with Crippen LogP contribution in [-0.4, -0.2) is 10.3 Å². The van der Waals surface area contributed by atoms with Crippen LogP contribution in [0.25, 0.3) is 0 Å². The van der Waals surface area contributed by atoms with Gasteiger partial charge in [-0.2, -0.15) is 12.6 Å². The lowest BCUT2D eigenvalue weighted by Gasteiger charge is -2.59. The zero-order valence-corrected chi connectivity index (χ0v) is 22.2. The van der Waals surface area contributed by atoms with Crippen molar-refractivity contribution in [1.82, 2.24) is 0 Å². The van der Waals surface area contributed by atoms with Crippen molar-refractivity contribution in [1.29, 1.82) is 0 Å². The second-order valence-corrected chi connectivity index (χ2v) is 13.7. The molecule has 4 rings (SSSR count). The van der Waals surface area contributed by atoms with E-state index in [0.717, 1.165) is 23.7 Å². The molecule has 2 N–H and O–H groups in total. The van der Waals surface area contributed by atoms with Gasteiger partial charge < -0.3 is 5.73 Å². The summed E-state index contributed by atoms with van der Waals surface area (Å²) in [5.41, 5.74) is 7.86. The maximum Gasteiger partial charge on any atom is 0.0239 e. The monoisotopic (exact) mass is 447 g/mol. The highest BCUT2D eigenvalue weighted by Gasteiger charge is 2.57. The Morgan fingerprint density at radius 3 is 2.29 bits per heavy atom. The number of hydrogen-bond donors (Lipinski definition) is 2. The summed E-state index contributed by atoms with van der Waals surface area (Å²) in [6, 6.07) is 0. The van der Waals surface area contributed by atoms with Crippen molar-refractivity contribution in [3.8, 4) is 0 Å². The van der Waals surface area contributed by atoms with Gasteiger partial charge in [0.25, 0.3) is 0 Å². The third-order valence-corrected chi connectivity index (χ3v) is 12.5. The van der Waals surface area contributed by atoms with Crippen molar-refractivity contribution in [2.45, 2.75) is 141 Å². The Morgan fingerprint density at radius 2 is 1.61 bits per heavy atom. The van der Waals surface area contributed by atoms with Gasteiger partial charge in [-0.05, 0) is 92.3 Å². The predicted molar refractivity (Wildman–Crippen MR) is 139 cm³/mol. The number of nitrogens with two attached hydrogens (primary N) is 1.